The fraction of sp³-hybridized carbons (Fsp3) is 0.462. The number of nitrogens with two attached hydrogens (primary N) is 1. The van der Waals surface area contributed by atoms with Crippen molar-refractivity contribution < 1.29 is 14.6 Å². The molecule has 1 aromatic carbocycles. The first kappa shape index (κ1) is 17.5. The summed E-state index contributed by atoms with van der Waals surface area (Å²) in [5.41, 5.74) is 6.04. The van der Waals surface area contributed by atoms with E-state index in [1.165, 1.54) is 12.1 Å². The fourth-order valence-electron chi connectivity index (χ4n) is 1.61. The first-order chi connectivity index (χ1) is 8.58. The van der Waals surface area contributed by atoms with Crippen molar-refractivity contribution in [3.8, 4) is 5.75 Å². The van der Waals surface area contributed by atoms with Gasteiger partial charge in [-0.2, -0.15) is 0 Å². The molecule has 0 heterocycles. The molecule has 108 valence electrons. The molecule has 19 heavy (non-hydrogen) atoms. The molecule has 0 unspecified atom stereocenters. The lowest BCUT2D eigenvalue weighted by molar-refractivity contribution is 0.0463. The molecule has 0 radical (unpaired) electrons. The van der Waals surface area contributed by atoms with E-state index in [0.29, 0.717) is 18.8 Å². The molecule has 0 aromatic heterocycles. The van der Waals surface area contributed by atoms with Gasteiger partial charge in [0.05, 0.1) is 0 Å². The second-order valence-corrected chi connectivity index (χ2v) is 3.94. The van der Waals surface area contributed by atoms with Gasteiger partial charge in [0.1, 0.15) is 17.9 Å². The van der Waals surface area contributed by atoms with Crippen LogP contribution in [0.25, 0.3) is 0 Å². The van der Waals surface area contributed by atoms with Crippen LogP contribution >= 0.6 is 12.4 Å². The van der Waals surface area contributed by atoms with E-state index in [2.05, 4.69) is 18.7 Å². The highest BCUT2D eigenvalue weighted by Crippen LogP contribution is 2.20. The van der Waals surface area contributed by atoms with Crippen molar-refractivity contribution in [3.63, 3.8) is 0 Å². The van der Waals surface area contributed by atoms with E-state index in [-0.39, 0.29) is 23.7 Å². The van der Waals surface area contributed by atoms with Gasteiger partial charge in [-0.15, -0.1) is 12.4 Å². The van der Waals surface area contributed by atoms with Gasteiger partial charge in [-0.1, -0.05) is 13.8 Å². The van der Waals surface area contributed by atoms with Crippen molar-refractivity contribution in [2.75, 3.05) is 32.0 Å². The minimum atomic E-state index is -0.528. The van der Waals surface area contributed by atoms with Gasteiger partial charge in [0.25, 0.3) is 0 Å². The molecule has 0 fully saturated rings. The van der Waals surface area contributed by atoms with Crippen molar-refractivity contribution in [1.29, 1.82) is 0 Å². The Bertz CT molecular complexity index is 409. The van der Waals surface area contributed by atoms with Gasteiger partial charge in [0, 0.05) is 18.3 Å². The quantitative estimate of drug-likeness (QED) is 0.617. The van der Waals surface area contributed by atoms with Crippen LogP contribution in [-0.2, 0) is 4.74 Å². The molecule has 0 amide bonds. The number of carbonyl (C=O) groups is 1. The van der Waals surface area contributed by atoms with Gasteiger partial charge >= 0.3 is 5.97 Å². The Morgan fingerprint density at radius 2 is 2.00 bits per heavy atom. The van der Waals surface area contributed by atoms with Crippen LogP contribution in [0.1, 0.15) is 24.2 Å². The number of nitrogens with zero attached hydrogens (tertiary/aromatic N) is 1. The second kappa shape index (κ2) is 8.61. The lowest BCUT2D eigenvalue weighted by Crippen LogP contribution is -2.27. The second-order valence-electron chi connectivity index (χ2n) is 3.94. The van der Waals surface area contributed by atoms with Crippen molar-refractivity contribution >= 4 is 24.1 Å². The summed E-state index contributed by atoms with van der Waals surface area (Å²) in [5, 5.41) is 9.57. The number of hydrogen-bond donors (Lipinski definition) is 2. The topological polar surface area (TPSA) is 75.8 Å². The summed E-state index contributed by atoms with van der Waals surface area (Å²) in [4.78, 5) is 13.8. The zero-order valence-electron chi connectivity index (χ0n) is 11.3. The normalized spacial score (nSPS) is 10.1. The van der Waals surface area contributed by atoms with E-state index in [1.54, 1.807) is 6.07 Å². The molecule has 0 aliphatic carbocycles. The Morgan fingerprint density at radius 1 is 1.37 bits per heavy atom. The summed E-state index contributed by atoms with van der Waals surface area (Å²) in [7, 11) is 0. The number of phenols is 1. The zero-order chi connectivity index (χ0) is 13.5. The van der Waals surface area contributed by atoms with Crippen LogP contribution in [-0.4, -0.2) is 42.2 Å². The minimum Gasteiger partial charge on any atom is -0.507 e. The number of ether oxygens (including phenoxy) is 1. The number of nitrogen functional groups attached to an aromatic ring is 1. The van der Waals surface area contributed by atoms with Crippen LogP contribution in [0.15, 0.2) is 18.2 Å². The molecule has 6 heteroatoms. The van der Waals surface area contributed by atoms with Gasteiger partial charge in [-0.25, -0.2) is 4.79 Å². The van der Waals surface area contributed by atoms with Crippen LogP contribution < -0.4 is 5.73 Å². The monoisotopic (exact) mass is 288 g/mol. The third kappa shape index (κ3) is 5.36. The fourth-order valence-corrected chi connectivity index (χ4v) is 1.61. The average Bonchev–Trinajstić information content (AvgIpc) is 2.34. The lowest BCUT2D eigenvalue weighted by atomic mass is 10.2. The van der Waals surface area contributed by atoms with Crippen molar-refractivity contribution in [2.45, 2.75) is 13.8 Å². The molecule has 0 atom stereocenters. The van der Waals surface area contributed by atoms with E-state index < -0.39 is 5.97 Å². The van der Waals surface area contributed by atoms with Crippen LogP contribution in [0.2, 0.25) is 0 Å². The molecule has 0 spiro atoms. The number of rotatable bonds is 6. The van der Waals surface area contributed by atoms with Crippen molar-refractivity contribution in [2.24, 2.45) is 0 Å². The van der Waals surface area contributed by atoms with E-state index in [0.717, 1.165) is 13.1 Å². The summed E-state index contributed by atoms with van der Waals surface area (Å²) < 4.78 is 5.10. The first-order valence-corrected chi connectivity index (χ1v) is 6.06. The van der Waals surface area contributed by atoms with Crippen LogP contribution in [0.4, 0.5) is 5.69 Å². The maximum absolute atomic E-state index is 11.7. The SMILES string of the molecule is CCN(CC)CCOC(=O)c1ccc(N)cc1O.Cl. The number of carbonyl (C=O) groups excluding carboxylic acids is 1. The molecule has 0 bridgehead atoms. The molecule has 0 aliphatic heterocycles. The van der Waals surface area contributed by atoms with Crippen LogP contribution in [0.3, 0.4) is 0 Å². The third-order valence-electron chi connectivity index (χ3n) is 2.78. The third-order valence-corrected chi connectivity index (χ3v) is 2.78. The summed E-state index contributed by atoms with van der Waals surface area (Å²) in [6.45, 7) is 6.94. The number of benzene rings is 1. The molecule has 0 aliphatic rings. The number of anilines is 1. The van der Waals surface area contributed by atoms with E-state index >= 15 is 0 Å². The Labute approximate surface area is 119 Å². The highest BCUT2D eigenvalue weighted by molar-refractivity contribution is 5.92. The Kier molecular flexibility index (Phi) is 7.95. The number of aromatic hydroxyl groups is 1. The predicted octanol–water partition coefficient (Wildman–Crippen LogP) is 1.89. The summed E-state index contributed by atoms with van der Waals surface area (Å²) in [6.07, 6.45) is 0. The van der Waals surface area contributed by atoms with Gasteiger partial charge in [0.15, 0.2) is 0 Å². The van der Waals surface area contributed by atoms with Crippen molar-refractivity contribution in [3.05, 3.63) is 23.8 Å². The number of likely N-dealkylation sites (N-methyl/N-ethyl adjacent to an activating group) is 1. The van der Waals surface area contributed by atoms with Crippen LogP contribution in [0, 0.1) is 0 Å². The Hall–Kier alpha value is -1.46. The molecule has 0 saturated heterocycles. The molecular weight excluding hydrogens is 268 g/mol. The molecule has 1 aromatic rings. The summed E-state index contributed by atoms with van der Waals surface area (Å²) in [6, 6.07) is 4.35. The van der Waals surface area contributed by atoms with Gasteiger partial charge < -0.3 is 20.5 Å². The number of phenolic OH excluding ortho intramolecular Hbond substituents is 1. The predicted molar refractivity (Wildman–Crippen MR) is 77.8 cm³/mol. The minimum absolute atomic E-state index is 0. The number of esters is 1. The molecule has 1 rings (SSSR count). The van der Waals surface area contributed by atoms with Gasteiger partial charge in [-0.05, 0) is 25.2 Å². The number of halogens is 1. The van der Waals surface area contributed by atoms with Crippen LogP contribution in [0.5, 0.6) is 5.75 Å². The maximum atomic E-state index is 11.7. The van der Waals surface area contributed by atoms with Crippen molar-refractivity contribution in [1.82, 2.24) is 4.90 Å². The molecule has 0 saturated carbocycles. The summed E-state index contributed by atoms with van der Waals surface area (Å²) >= 11 is 0. The lowest BCUT2D eigenvalue weighted by Gasteiger charge is -2.17. The highest BCUT2D eigenvalue weighted by Gasteiger charge is 2.12. The smallest absolute Gasteiger partial charge is 0.341 e. The zero-order valence-corrected chi connectivity index (χ0v) is 12.1. The van der Waals surface area contributed by atoms with E-state index in [4.69, 9.17) is 10.5 Å². The molecule has 5 nitrogen and oxygen atoms in total. The largest absolute Gasteiger partial charge is 0.507 e. The van der Waals surface area contributed by atoms with Gasteiger partial charge in [-0.3, -0.25) is 0 Å². The summed E-state index contributed by atoms with van der Waals surface area (Å²) in [5.74, 6) is -0.678. The van der Waals surface area contributed by atoms with Gasteiger partial charge in [0.2, 0.25) is 0 Å². The standard InChI is InChI=1S/C13H20N2O3.ClH/c1-3-15(4-2)7-8-18-13(17)11-6-5-10(14)9-12(11)16;/h5-6,9,16H,3-4,7-8,14H2,1-2H3;1H. The Morgan fingerprint density at radius 3 is 2.53 bits per heavy atom. The maximum Gasteiger partial charge on any atom is 0.341 e. The molecular formula is C13H21ClN2O3. The first-order valence-electron chi connectivity index (χ1n) is 6.06. The highest BCUT2D eigenvalue weighted by atomic mass is 35.5. The average molecular weight is 289 g/mol. The Balaban J connectivity index is 0.00000324. The van der Waals surface area contributed by atoms with E-state index in [9.17, 15) is 9.90 Å². The number of hydrogen-bond acceptors (Lipinski definition) is 5. The van der Waals surface area contributed by atoms with E-state index in [1.807, 2.05) is 0 Å². The molecule has 3 N–H and O–H groups in total.